The molecule has 2 fully saturated rings. The number of ether oxygens (including phenoxy) is 1. The Morgan fingerprint density at radius 2 is 1.92 bits per heavy atom. The van der Waals surface area contributed by atoms with Crippen LogP contribution in [0.15, 0.2) is 24.3 Å². The first-order valence-electron chi connectivity index (χ1n) is 7.73. The predicted octanol–water partition coefficient (Wildman–Crippen LogP) is 0.514. The zero-order valence-corrected chi connectivity index (χ0v) is 14.5. The van der Waals surface area contributed by atoms with Crippen molar-refractivity contribution in [3.63, 3.8) is 0 Å². The molecule has 0 aromatic heterocycles. The lowest BCUT2D eigenvalue weighted by Gasteiger charge is -2.41. The van der Waals surface area contributed by atoms with Crippen molar-refractivity contribution in [3.8, 4) is 5.75 Å². The highest BCUT2D eigenvalue weighted by atomic mass is 32.2. The van der Waals surface area contributed by atoms with E-state index >= 15 is 0 Å². The molecule has 8 heteroatoms. The third-order valence-corrected chi connectivity index (χ3v) is 7.49. The number of nitrogens with zero attached hydrogens (tertiary/aromatic N) is 2. The molecule has 0 bridgehead atoms. The second-order valence-electron chi connectivity index (χ2n) is 6.18. The molecule has 1 spiro atoms. The van der Waals surface area contributed by atoms with Gasteiger partial charge in [-0.25, -0.2) is 8.42 Å². The SMILES string of the molecule is COc1cccc(C(=O)N2CCC3(CC2)N(C)C(=O)CS3(=O)=O)c1. The summed E-state index contributed by atoms with van der Waals surface area (Å²) in [5, 5.41) is 0. The molecule has 0 saturated carbocycles. The number of methoxy groups -OCH3 is 1. The van der Waals surface area contributed by atoms with E-state index in [1.165, 1.54) is 19.1 Å². The number of sulfone groups is 1. The smallest absolute Gasteiger partial charge is 0.253 e. The lowest BCUT2D eigenvalue weighted by molar-refractivity contribution is -0.129. The Labute approximate surface area is 141 Å². The highest BCUT2D eigenvalue weighted by Crippen LogP contribution is 2.39. The molecule has 1 aromatic carbocycles. The first-order chi connectivity index (χ1) is 11.3. The molecule has 0 atom stereocenters. The molecular formula is C16H20N2O5S. The standard InChI is InChI=1S/C16H20N2O5S/c1-17-14(19)11-24(21,22)16(17)6-8-18(9-7-16)15(20)12-4-3-5-13(10-12)23-2/h3-5,10H,6-9,11H2,1-2H3. The maximum Gasteiger partial charge on any atom is 0.253 e. The molecule has 7 nitrogen and oxygen atoms in total. The number of likely N-dealkylation sites (tertiary alicyclic amines) is 1. The van der Waals surface area contributed by atoms with Gasteiger partial charge in [0.2, 0.25) is 5.91 Å². The summed E-state index contributed by atoms with van der Waals surface area (Å²) in [7, 11) is -0.446. The van der Waals surface area contributed by atoms with Gasteiger partial charge in [-0.15, -0.1) is 0 Å². The van der Waals surface area contributed by atoms with Gasteiger partial charge in [-0.1, -0.05) is 6.07 Å². The number of rotatable bonds is 2. The van der Waals surface area contributed by atoms with Gasteiger partial charge >= 0.3 is 0 Å². The minimum absolute atomic E-state index is 0.159. The Balaban J connectivity index is 1.78. The van der Waals surface area contributed by atoms with Gasteiger partial charge in [0.25, 0.3) is 5.91 Å². The largest absolute Gasteiger partial charge is 0.497 e. The normalized spacial score (nSPS) is 22.0. The Hall–Kier alpha value is -2.09. The summed E-state index contributed by atoms with van der Waals surface area (Å²) >= 11 is 0. The number of amides is 2. The van der Waals surface area contributed by atoms with Gasteiger partial charge in [-0.2, -0.15) is 0 Å². The maximum absolute atomic E-state index is 12.6. The van der Waals surface area contributed by atoms with Crippen LogP contribution in [0, 0.1) is 0 Å². The van der Waals surface area contributed by atoms with Crippen LogP contribution in [0.25, 0.3) is 0 Å². The van der Waals surface area contributed by atoms with Crippen LogP contribution in [0.5, 0.6) is 5.75 Å². The summed E-state index contributed by atoms with van der Waals surface area (Å²) in [4.78, 5) is 26.3. The van der Waals surface area contributed by atoms with Gasteiger partial charge in [-0.05, 0) is 18.2 Å². The first kappa shape index (κ1) is 16.8. The monoisotopic (exact) mass is 352 g/mol. The van der Waals surface area contributed by atoms with Crippen LogP contribution >= 0.6 is 0 Å². The second kappa shape index (κ2) is 5.77. The zero-order valence-electron chi connectivity index (χ0n) is 13.7. The number of benzene rings is 1. The summed E-state index contributed by atoms with van der Waals surface area (Å²) in [6.45, 7) is 0.597. The van der Waals surface area contributed by atoms with E-state index in [1.807, 2.05) is 0 Å². The van der Waals surface area contributed by atoms with Crippen molar-refractivity contribution in [1.29, 1.82) is 0 Å². The van der Waals surface area contributed by atoms with Crippen LogP contribution in [0.3, 0.4) is 0 Å². The third kappa shape index (κ3) is 2.45. The number of hydrogen-bond donors (Lipinski definition) is 0. The fourth-order valence-electron chi connectivity index (χ4n) is 3.47. The number of carbonyl (C=O) groups excluding carboxylic acids is 2. The average molecular weight is 352 g/mol. The number of piperidine rings is 1. The minimum atomic E-state index is -3.51. The van der Waals surface area contributed by atoms with Gasteiger partial charge in [0, 0.05) is 38.5 Å². The van der Waals surface area contributed by atoms with Crippen LogP contribution in [-0.4, -0.2) is 67.9 Å². The second-order valence-corrected chi connectivity index (χ2v) is 8.46. The van der Waals surface area contributed by atoms with Gasteiger partial charge in [0.05, 0.1) is 7.11 Å². The molecule has 2 aliphatic rings. The Morgan fingerprint density at radius 1 is 1.25 bits per heavy atom. The van der Waals surface area contributed by atoms with Crippen molar-refractivity contribution in [2.75, 3.05) is 33.0 Å². The number of carbonyl (C=O) groups is 2. The van der Waals surface area contributed by atoms with Crippen molar-refractivity contribution >= 4 is 21.7 Å². The summed E-state index contributed by atoms with van der Waals surface area (Å²) in [6, 6.07) is 6.87. The Kier molecular flexibility index (Phi) is 4.03. The fourth-order valence-corrected chi connectivity index (χ4v) is 5.58. The molecule has 0 aliphatic carbocycles. The molecule has 130 valence electrons. The summed E-state index contributed by atoms with van der Waals surface area (Å²) in [6.07, 6.45) is 0.487. The quantitative estimate of drug-likeness (QED) is 0.775. The van der Waals surface area contributed by atoms with Gasteiger partial charge in [-0.3, -0.25) is 9.59 Å². The zero-order chi connectivity index (χ0) is 17.5. The predicted molar refractivity (Wildman–Crippen MR) is 87.4 cm³/mol. The molecule has 2 amide bonds. The van der Waals surface area contributed by atoms with Crippen LogP contribution in [0.1, 0.15) is 23.2 Å². The van der Waals surface area contributed by atoms with E-state index in [0.29, 0.717) is 24.4 Å². The van der Waals surface area contributed by atoms with E-state index in [-0.39, 0.29) is 24.7 Å². The highest BCUT2D eigenvalue weighted by Gasteiger charge is 2.57. The summed E-state index contributed by atoms with van der Waals surface area (Å²) < 4.78 is 29.9. The Morgan fingerprint density at radius 3 is 2.46 bits per heavy atom. The van der Waals surface area contributed by atoms with E-state index in [0.717, 1.165) is 0 Å². The molecule has 3 rings (SSSR count). The molecule has 24 heavy (non-hydrogen) atoms. The van der Waals surface area contributed by atoms with E-state index in [2.05, 4.69) is 0 Å². The van der Waals surface area contributed by atoms with Crippen LogP contribution in [-0.2, 0) is 14.6 Å². The first-order valence-corrected chi connectivity index (χ1v) is 9.38. The van der Waals surface area contributed by atoms with Crippen molar-refractivity contribution in [2.45, 2.75) is 17.7 Å². The van der Waals surface area contributed by atoms with Crippen molar-refractivity contribution in [1.82, 2.24) is 9.80 Å². The molecule has 1 aromatic rings. The van der Waals surface area contributed by atoms with E-state index in [4.69, 9.17) is 4.74 Å². The molecule has 0 radical (unpaired) electrons. The van der Waals surface area contributed by atoms with Crippen LogP contribution < -0.4 is 4.74 Å². The summed E-state index contributed by atoms with van der Waals surface area (Å²) in [5.41, 5.74) is 0.504. The van der Waals surface area contributed by atoms with Crippen LogP contribution in [0.2, 0.25) is 0 Å². The third-order valence-electron chi connectivity index (χ3n) is 5.03. The van der Waals surface area contributed by atoms with Gasteiger partial charge < -0.3 is 14.5 Å². The van der Waals surface area contributed by atoms with Crippen molar-refractivity contribution < 1.29 is 22.7 Å². The molecular weight excluding hydrogens is 332 g/mol. The highest BCUT2D eigenvalue weighted by molar-refractivity contribution is 7.93. The lowest BCUT2D eigenvalue weighted by atomic mass is 10.0. The Bertz CT molecular complexity index is 781. The van der Waals surface area contributed by atoms with Crippen molar-refractivity contribution in [3.05, 3.63) is 29.8 Å². The van der Waals surface area contributed by atoms with E-state index in [9.17, 15) is 18.0 Å². The maximum atomic E-state index is 12.6. The lowest BCUT2D eigenvalue weighted by Crippen LogP contribution is -2.55. The summed E-state index contributed by atoms with van der Waals surface area (Å²) in [5.74, 6) is -0.374. The van der Waals surface area contributed by atoms with Gasteiger partial charge in [0.15, 0.2) is 9.84 Å². The minimum Gasteiger partial charge on any atom is -0.497 e. The van der Waals surface area contributed by atoms with Crippen LogP contribution in [0.4, 0.5) is 0 Å². The molecule has 0 N–H and O–H groups in total. The molecule has 2 saturated heterocycles. The number of hydrogen-bond acceptors (Lipinski definition) is 5. The van der Waals surface area contributed by atoms with Crippen molar-refractivity contribution in [2.24, 2.45) is 0 Å². The van der Waals surface area contributed by atoms with E-state index in [1.54, 1.807) is 29.2 Å². The average Bonchev–Trinajstić information content (AvgIpc) is 2.75. The molecule has 2 aliphatic heterocycles. The van der Waals surface area contributed by atoms with E-state index < -0.39 is 20.5 Å². The van der Waals surface area contributed by atoms with Gasteiger partial charge in [0.1, 0.15) is 16.4 Å². The fraction of sp³-hybridized carbons (Fsp3) is 0.500. The topological polar surface area (TPSA) is 84.0 Å². The molecule has 0 unspecified atom stereocenters. The molecule has 2 heterocycles.